The number of nitrogens with zero attached hydrogens (tertiary/aromatic N) is 1. The van der Waals surface area contributed by atoms with Crippen molar-refractivity contribution in [3.63, 3.8) is 0 Å². The van der Waals surface area contributed by atoms with Crippen LogP contribution in [-0.4, -0.2) is 42.0 Å². The molecule has 4 aliphatic carbocycles. The molecule has 1 spiro atoms. The van der Waals surface area contributed by atoms with Gasteiger partial charge in [-0.1, -0.05) is 13.8 Å². The van der Waals surface area contributed by atoms with Crippen molar-refractivity contribution < 1.29 is 9.84 Å². The van der Waals surface area contributed by atoms with Gasteiger partial charge in [0.2, 0.25) is 0 Å². The fourth-order valence-electron chi connectivity index (χ4n) is 8.72. The van der Waals surface area contributed by atoms with E-state index in [0.717, 1.165) is 49.7 Å². The number of hydrogen-bond donors (Lipinski definition) is 1. The molecule has 0 aromatic carbocycles. The van der Waals surface area contributed by atoms with Gasteiger partial charge in [-0.15, -0.1) is 0 Å². The fourth-order valence-corrected chi connectivity index (χ4v) is 8.72. The first-order valence-electron chi connectivity index (χ1n) is 10.9. The maximum absolute atomic E-state index is 10.2. The lowest BCUT2D eigenvalue weighted by atomic mass is 9.44. The van der Waals surface area contributed by atoms with Crippen molar-refractivity contribution in [2.45, 2.75) is 83.5 Å². The third-order valence-corrected chi connectivity index (χ3v) is 10.1. The predicted molar refractivity (Wildman–Crippen MR) is 99.0 cm³/mol. The zero-order chi connectivity index (χ0) is 17.4. The Kier molecular flexibility index (Phi) is 3.71. The summed E-state index contributed by atoms with van der Waals surface area (Å²) in [4.78, 5) is 2.55. The van der Waals surface area contributed by atoms with Gasteiger partial charge in [0.1, 0.15) is 5.72 Å². The number of aliphatic hydroxyl groups excluding tert-OH is 1. The summed E-state index contributed by atoms with van der Waals surface area (Å²) in [5, 5.41) is 10.2. The summed E-state index contributed by atoms with van der Waals surface area (Å²) in [5.41, 5.74) is 0.863. The van der Waals surface area contributed by atoms with E-state index in [1.807, 2.05) is 0 Å². The van der Waals surface area contributed by atoms with Crippen LogP contribution in [0.1, 0.15) is 71.6 Å². The Labute approximate surface area is 153 Å². The topological polar surface area (TPSA) is 32.7 Å². The average Bonchev–Trinajstić information content (AvgIpc) is 3.10. The minimum absolute atomic E-state index is 0.0289. The van der Waals surface area contributed by atoms with Crippen molar-refractivity contribution >= 4 is 0 Å². The van der Waals surface area contributed by atoms with Crippen molar-refractivity contribution in [1.82, 2.24) is 4.90 Å². The van der Waals surface area contributed by atoms with E-state index in [0.29, 0.717) is 10.8 Å². The maximum atomic E-state index is 10.2. The smallest absolute Gasteiger partial charge is 0.127 e. The van der Waals surface area contributed by atoms with Gasteiger partial charge >= 0.3 is 0 Å². The van der Waals surface area contributed by atoms with E-state index >= 15 is 0 Å². The molecule has 1 aliphatic heterocycles. The van der Waals surface area contributed by atoms with Gasteiger partial charge in [0.05, 0.1) is 12.7 Å². The van der Waals surface area contributed by atoms with E-state index in [2.05, 4.69) is 25.8 Å². The second-order valence-corrected chi connectivity index (χ2v) is 10.6. The molecule has 3 heteroatoms. The summed E-state index contributed by atoms with van der Waals surface area (Å²) in [7, 11) is 2.30. The highest BCUT2D eigenvalue weighted by molar-refractivity contribution is 5.15. The summed E-state index contributed by atoms with van der Waals surface area (Å²) in [5.74, 6) is 3.39. The molecular formula is C22H37NO2. The van der Waals surface area contributed by atoms with Crippen LogP contribution in [0, 0.1) is 34.5 Å². The van der Waals surface area contributed by atoms with Gasteiger partial charge in [0, 0.05) is 12.0 Å². The fraction of sp³-hybridized carbons (Fsp3) is 1.00. The summed E-state index contributed by atoms with van der Waals surface area (Å²) in [6, 6.07) is 0. The number of rotatable bonds is 0. The lowest BCUT2D eigenvalue weighted by Gasteiger charge is -2.62. The molecule has 4 saturated carbocycles. The Hall–Kier alpha value is -0.120. The zero-order valence-corrected chi connectivity index (χ0v) is 16.5. The second-order valence-electron chi connectivity index (χ2n) is 10.6. The molecule has 5 fully saturated rings. The van der Waals surface area contributed by atoms with Crippen molar-refractivity contribution in [1.29, 1.82) is 0 Å². The molecule has 0 amide bonds. The Balaban J connectivity index is 1.46. The summed E-state index contributed by atoms with van der Waals surface area (Å²) < 4.78 is 6.50. The lowest BCUT2D eigenvalue weighted by molar-refractivity contribution is -0.196. The van der Waals surface area contributed by atoms with Gasteiger partial charge in [0.15, 0.2) is 0 Å². The Morgan fingerprint density at radius 2 is 1.76 bits per heavy atom. The van der Waals surface area contributed by atoms with E-state index in [4.69, 9.17) is 4.74 Å². The molecular weight excluding hydrogens is 310 g/mol. The van der Waals surface area contributed by atoms with Crippen LogP contribution in [0.3, 0.4) is 0 Å². The van der Waals surface area contributed by atoms with E-state index in [-0.39, 0.29) is 11.8 Å². The Morgan fingerprint density at radius 1 is 0.960 bits per heavy atom. The van der Waals surface area contributed by atoms with E-state index in [1.165, 1.54) is 44.9 Å². The number of aliphatic hydroxyl groups is 1. The van der Waals surface area contributed by atoms with Crippen LogP contribution in [0.15, 0.2) is 0 Å². The molecule has 0 radical (unpaired) electrons. The highest BCUT2D eigenvalue weighted by Crippen LogP contribution is 2.69. The standard InChI is InChI=1S/C22H37NO2/c1-20-9-6-16(24)14-15(20)4-5-17-18(20)7-10-21(2)19(17)8-11-22(21)23(3)12-13-25-22/h15-19,24H,4-14H2,1-3H3/t15?,16-,17?,18?,19?,20-,21-,22?/m0/s1. The van der Waals surface area contributed by atoms with Gasteiger partial charge in [0.25, 0.3) is 0 Å². The van der Waals surface area contributed by atoms with E-state index in [1.54, 1.807) is 0 Å². The first-order chi connectivity index (χ1) is 11.9. The van der Waals surface area contributed by atoms with Crippen molar-refractivity contribution in [2.75, 3.05) is 20.2 Å². The molecule has 0 aromatic rings. The van der Waals surface area contributed by atoms with Gasteiger partial charge in [-0.2, -0.15) is 0 Å². The molecule has 5 unspecified atom stereocenters. The molecule has 0 bridgehead atoms. The quantitative estimate of drug-likeness (QED) is 0.717. The number of fused-ring (bicyclic) bond motifs is 6. The molecule has 25 heavy (non-hydrogen) atoms. The third-order valence-electron chi connectivity index (χ3n) is 10.1. The Morgan fingerprint density at radius 3 is 2.52 bits per heavy atom. The number of likely N-dealkylation sites (N-methyl/N-ethyl adjacent to an activating group) is 1. The normalized spacial score (nSPS) is 58.8. The van der Waals surface area contributed by atoms with Crippen LogP contribution in [0.5, 0.6) is 0 Å². The van der Waals surface area contributed by atoms with Crippen molar-refractivity contribution in [3.05, 3.63) is 0 Å². The largest absolute Gasteiger partial charge is 0.393 e. The molecule has 0 aromatic heterocycles. The van der Waals surface area contributed by atoms with Crippen LogP contribution in [-0.2, 0) is 4.74 Å². The molecule has 5 rings (SSSR count). The molecule has 1 N–H and O–H groups in total. The van der Waals surface area contributed by atoms with Crippen LogP contribution >= 0.6 is 0 Å². The van der Waals surface area contributed by atoms with Crippen LogP contribution < -0.4 is 0 Å². The maximum Gasteiger partial charge on any atom is 0.127 e. The molecule has 1 heterocycles. The van der Waals surface area contributed by atoms with Gasteiger partial charge < -0.3 is 9.84 Å². The van der Waals surface area contributed by atoms with E-state index in [9.17, 15) is 5.11 Å². The highest BCUT2D eigenvalue weighted by atomic mass is 16.5. The average molecular weight is 348 g/mol. The Bertz CT molecular complexity index is 552. The van der Waals surface area contributed by atoms with Crippen molar-refractivity contribution in [2.24, 2.45) is 34.5 Å². The molecule has 142 valence electrons. The number of hydrogen-bond acceptors (Lipinski definition) is 3. The van der Waals surface area contributed by atoms with Gasteiger partial charge in [-0.05, 0) is 93.9 Å². The van der Waals surface area contributed by atoms with Crippen LogP contribution in [0.4, 0.5) is 0 Å². The summed E-state index contributed by atoms with van der Waals surface area (Å²) >= 11 is 0. The molecule has 5 aliphatic rings. The minimum Gasteiger partial charge on any atom is -0.393 e. The van der Waals surface area contributed by atoms with Crippen molar-refractivity contribution in [3.8, 4) is 0 Å². The molecule has 8 atom stereocenters. The van der Waals surface area contributed by atoms with Crippen LogP contribution in [0.2, 0.25) is 0 Å². The highest BCUT2D eigenvalue weighted by Gasteiger charge is 2.67. The first kappa shape index (κ1) is 17.0. The van der Waals surface area contributed by atoms with Crippen LogP contribution in [0.25, 0.3) is 0 Å². The van der Waals surface area contributed by atoms with Gasteiger partial charge in [-0.3, -0.25) is 4.90 Å². The predicted octanol–water partition coefficient (Wildman–Crippen LogP) is 4.05. The SMILES string of the molecule is CN1CCOC12CCC1C3CCC4C[C@@H](O)CC[C@]4(C)C3CC[C@@]12C. The summed E-state index contributed by atoms with van der Waals surface area (Å²) in [6.45, 7) is 7.19. The lowest BCUT2D eigenvalue weighted by Crippen LogP contribution is -2.59. The zero-order valence-electron chi connectivity index (χ0n) is 16.5. The molecule has 3 nitrogen and oxygen atoms in total. The molecule has 1 saturated heterocycles. The first-order valence-corrected chi connectivity index (χ1v) is 10.9. The van der Waals surface area contributed by atoms with Gasteiger partial charge in [-0.25, -0.2) is 0 Å². The minimum atomic E-state index is -0.0289. The number of ether oxygens (including phenoxy) is 1. The monoisotopic (exact) mass is 347 g/mol. The van der Waals surface area contributed by atoms with E-state index < -0.39 is 0 Å². The third kappa shape index (κ3) is 2.04. The second kappa shape index (κ2) is 5.45. The summed E-state index contributed by atoms with van der Waals surface area (Å²) in [6.07, 6.45) is 11.4.